The highest BCUT2D eigenvalue weighted by atomic mass is 16.7. The molecular formula is C79H131NO13. The van der Waals surface area contributed by atoms with Gasteiger partial charge in [-0.2, -0.15) is 0 Å². The number of nitrogens with one attached hydrogen (secondary N) is 1. The predicted octanol–water partition coefficient (Wildman–Crippen LogP) is 15.6. The third kappa shape index (κ3) is 45.1. The van der Waals surface area contributed by atoms with Crippen LogP contribution in [0.15, 0.2) is 146 Å². The van der Waals surface area contributed by atoms with Crippen LogP contribution in [0.5, 0.6) is 0 Å². The van der Waals surface area contributed by atoms with Gasteiger partial charge in [0.1, 0.15) is 48.8 Å². The Kier molecular flexibility index (Phi) is 56.1. The molecule has 0 aromatic rings. The van der Waals surface area contributed by atoms with Gasteiger partial charge in [-0.25, -0.2) is 0 Å². The molecule has 0 radical (unpaired) electrons. The van der Waals surface area contributed by atoms with Gasteiger partial charge >= 0.3 is 0 Å². The summed E-state index contributed by atoms with van der Waals surface area (Å²) in [5, 5.41) is 87.4. The van der Waals surface area contributed by atoms with Crippen LogP contribution in [0.1, 0.15) is 251 Å². The molecule has 0 aromatic heterocycles. The number of amides is 1. The maximum Gasteiger partial charge on any atom is 0.220 e. The van der Waals surface area contributed by atoms with Gasteiger partial charge in [0, 0.05) is 6.42 Å². The van der Waals surface area contributed by atoms with Crippen LogP contribution < -0.4 is 5.32 Å². The van der Waals surface area contributed by atoms with Gasteiger partial charge in [-0.15, -0.1) is 0 Å². The molecule has 2 rings (SSSR count). The van der Waals surface area contributed by atoms with Crippen LogP contribution in [0.3, 0.4) is 0 Å². The molecule has 2 aliphatic rings. The topological polar surface area (TPSA) is 228 Å². The lowest BCUT2D eigenvalue weighted by atomic mass is 9.97. The first-order valence-electron chi connectivity index (χ1n) is 36.6. The van der Waals surface area contributed by atoms with Gasteiger partial charge in [0.15, 0.2) is 12.6 Å². The highest BCUT2D eigenvalue weighted by Crippen LogP contribution is 2.30. The van der Waals surface area contributed by atoms with Crippen molar-refractivity contribution in [3.8, 4) is 0 Å². The van der Waals surface area contributed by atoms with E-state index < -0.39 is 86.8 Å². The highest BCUT2D eigenvalue weighted by molar-refractivity contribution is 5.76. The summed E-state index contributed by atoms with van der Waals surface area (Å²) in [4.78, 5) is 13.3. The van der Waals surface area contributed by atoms with Gasteiger partial charge in [-0.3, -0.25) is 4.79 Å². The van der Waals surface area contributed by atoms with E-state index in [4.69, 9.17) is 18.9 Å². The van der Waals surface area contributed by atoms with Crippen molar-refractivity contribution < 1.29 is 64.6 Å². The Morgan fingerprint density at radius 2 is 0.753 bits per heavy atom. The molecule has 2 heterocycles. The molecule has 2 fully saturated rings. The molecular weight excluding hydrogens is 1170 g/mol. The van der Waals surface area contributed by atoms with Crippen molar-refractivity contribution in [1.29, 1.82) is 0 Å². The van der Waals surface area contributed by atoms with E-state index in [0.29, 0.717) is 12.8 Å². The number of aliphatic hydroxyl groups excluding tert-OH is 8. The number of aliphatic hydroxyl groups is 8. The SMILES string of the molecule is CC/C=C\C/C=C\C/C=C\C/C=C\C/C=C\C/C=C\C/C=C\C/C=C\C/C=C\C/C=C\CCCCCCCCCCC(=O)NC(COC1OC(CO)C(OC2OC(CO)C(O)C(O)C2O)C(O)C1O)C(O)/C=C/CC/C=C/CCCCCCCCCCCCCCCC. The summed E-state index contributed by atoms with van der Waals surface area (Å²) in [6, 6.07) is -0.948. The Bertz CT molecular complexity index is 2120. The first-order chi connectivity index (χ1) is 45.6. The summed E-state index contributed by atoms with van der Waals surface area (Å²) >= 11 is 0. The number of hydrogen-bond acceptors (Lipinski definition) is 13. The van der Waals surface area contributed by atoms with Crippen LogP contribution in [0.4, 0.5) is 0 Å². The van der Waals surface area contributed by atoms with Crippen LogP contribution in [0.25, 0.3) is 0 Å². The lowest BCUT2D eigenvalue weighted by molar-refractivity contribution is -0.359. The second kappa shape index (κ2) is 61.5. The number of allylic oxidation sites excluding steroid dienone is 23. The second-order valence-electron chi connectivity index (χ2n) is 25.0. The van der Waals surface area contributed by atoms with Crippen LogP contribution in [-0.4, -0.2) is 140 Å². The first-order valence-corrected chi connectivity index (χ1v) is 36.6. The molecule has 14 nitrogen and oxygen atoms in total. The number of ether oxygens (including phenoxy) is 4. The van der Waals surface area contributed by atoms with Gasteiger partial charge in [0.2, 0.25) is 5.91 Å². The second-order valence-corrected chi connectivity index (χ2v) is 25.0. The average molecular weight is 1300 g/mol. The van der Waals surface area contributed by atoms with Crippen molar-refractivity contribution in [2.45, 2.75) is 325 Å². The smallest absolute Gasteiger partial charge is 0.220 e. The van der Waals surface area contributed by atoms with Gasteiger partial charge in [-0.05, 0) is 109 Å². The molecule has 0 bridgehead atoms. The maximum atomic E-state index is 13.3. The third-order valence-electron chi connectivity index (χ3n) is 16.8. The van der Waals surface area contributed by atoms with Crippen molar-refractivity contribution in [2.24, 2.45) is 0 Å². The number of rotatable bonds is 58. The highest BCUT2D eigenvalue weighted by Gasteiger charge is 2.51. The van der Waals surface area contributed by atoms with Crippen molar-refractivity contribution in [1.82, 2.24) is 5.32 Å². The Morgan fingerprint density at radius 1 is 0.398 bits per heavy atom. The molecule has 0 saturated carbocycles. The normalized spacial score (nSPS) is 23.5. The quantitative estimate of drug-likeness (QED) is 0.0204. The predicted molar refractivity (Wildman–Crippen MR) is 382 cm³/mol. The van der Waals surface area contributed by atoms with E-state index in [1.165, 1.54) is 109 Å². The van der Waals surface area contributed by atoms with Crippen LogP contribution in [0, 0.1) is 0 Å². The van der Waals surface area contributed by atoms with Crippen molar-refractivity contribution in [3.63, 3.8) is 0 Å². The van der Waals surface area contributed by atoms with Gasteiger partial charge in [0.25, 0.3) is 0 Å². The monoisotopic (exact) mass is 1300 g/mol. The fourth-order valence-electron chi connectivity index (χ4n) is 11.0. The summed E-state index contributed by atoms with van der Waals surface area (Å²) in [6.45, 7) is 2.66. The van der Waals surface area contributed by atoms with Crippen molar-refractivity contribution in [2.75, 3.05) is 19.8 Å². The van der Waals surface area contributed by atoms with Crippen LogP contribution >= 0.6 is 0 Å². The molecule has 0 aromatic carbocycles. The Labute approximate surface area is 563 Å². The van der Waals surface area contributed by atoms with Gasteiger partial charge in [0.05, 0.1) is 32.0 Å². The van der Waals surface area contributed by atoms with Gasteiger partial charge < -0.3 is 65.1 Å². The molecule has 12 unspecified atom stereocenters. The number of carbonyl (C=O) groups excluding carboxylic acids is 1. The Balaban J connectivity index is 1.66. The summed E-state index contributed by atoms with van der Waals surface area (Å²) < 4.78 is 22.8. The molecule has 2 aliphatic heterocycles. The lowest BCUT2D eigenvalue weighted by Crippen LogP contribution is -2.65. The molecule has 1 amide bonds. The van der Waals surface area contributed by atoms with Crippen molar-refractivity contribution >= 4 is 5.91 Å². The largest absolute Gasteiger partial charge is 0.394 e. The zero-order valence-corrected chi connectivity index (χ0v) is 57.7. The Morgan fingerprint density at radius 3 is 1.18 bits per heavy atom. The van der Waals surface area contributed by atoms with E-state index >= 15 is 0 Å². The molecule has 14 heteroatoms. The minimum Gasteiger partial charge on any atom is -0.394 e. The zero-order valence-electron chi connectivity index (χ0n) is 57.7. The molecule has 530 valence electrons. The first kappa shape index (κ1) is 85.0. The summed E-state index contributed by atoms with van der Waals surface area (Å²) in [7, 11) is 0. The van der Waals surface area contributed by atoms with E-state index in [-0.39, 0.29) is 18.9 Å². The fourth-order valence-corrected chi connectivity index (χ4v) is 11.0. The number of carbonyl (C=O) groups is 1. The van der Waals surface area contributed by atoms with Crippen LogP contribution in [0.2, 0.25) is 0 Å². The molecule has 2 saturated heterocycles. The van der Waals surface area contributed by atoms with E-state index in [2.05, 4.69) is 153 Å². The molecule has 12 atom stereocenters. The minimum absolute atomic E-state index is 0.254. The average Bonchev–Trinajstić information content (AvgIpc) is 0.854. The molecule has 9 N–H and O–H groups in total. The number of hydrogen-bond donors (Lipinski definition) is 9. The summed E-state index contributed by atoms with van der Waals surface area (Å²) in [5.41, 5.74) is 0. The van der Waals surface area contributed by atoms with Crippen LogP contribution in [-0.2, 0) is 23.7 Å². The summed E-state index contributed by atoms with van der Waals surface area (Å²) in [5.74, 6) is -0.262. The summed E-state index contributed by atoms with van der Waals surface area (Å²) in [6.07, 6.45) is 76.1. The van der Waals surface area contributed by atoms with Crippen molar-refractivity contribution in [3.05, 3.63) is 146 Å². The lowest BCUT2D eigenvalue weighted by Gasteiger charge is -2.46. The molecule has 0 aliphatic carbocycles. The van der Waals surface area contributed by atoms with E-state index in [0.717, 1.165) is 109 Å². The standard InChI is InChI=1S/C79H131NO13/c1-3-5-7-9-11-13-15-17-19-21-23-25-26-27-28-29-30-31-32-33-34-35-36-37-38-39-40-41-42-43-45-47-49-51-53-55-57-59-61-63-71(84)80-67(68(83)62-60-58-56-54-52-50-48-46-44-24-22-20-18-16-14-12-10-8-6-4-2)66-90-78-76(89)74(87)77(70(65-82)92-78)93-79-75(88)73(86)72(85)69(64-81)91-79/h5,7,11,13,17,19,23,25,27-28,30-31,33-34,36-37,39-40,42-43,52,54,60,62,67-70,72-79,81-83,85-89H,3-4,6,8-10,12,14-16,18,20-22,24,26,29,32,35,38,41,44-51,53,55-59,61,63-66H2,1-2H3,(H,80,84)/b7-5-,13-11-,19-17-,25-23-,28-27-,31-30-,34-33-,37-36-,40-39-,43-42-,54-52+,62-60+. The number of unbranched alkanes of at least 4 members (excludes halogenated alkanes) is 23. The van der Waals surface area contributed by atoms with E-state index in [9.17, 15) is 45.6 Å². The molecule has 93 heavy (non-hydrogen) atoms. The third-order valence-corrected chi connectivity index (χ3v) is 16.8. The minimum atomic E-state index is -1.80. The van der Waals surface area contributed by atoms with E-state index in [1.807, 2.05) is 6.08 Å². The molecule has 0 spiro atoms. The maximum absolute atomic E-state index is 13.3. The van der Waals surface area contributed by atoms with Gasteiger partial charge in [-0.1, -0.05) is 282 Å². The fraction of sp³-hybridized carbons (Fsp3) is 0.684. The zero-order chi connectivity index (χ0) is 67.3. The van der Waals surface area contributed by atoms with E-state index in [1.54, 1.807) is 6.08 Å². The Hall–Kier alpha value is -4.13.